The number of nitrogen functional groups attached to an aromatic ring is 1. The fraction of sp³-hybridized carbons (Fsp3) is 0.0909. The summed E-state index contributed by atoms with van der Waals surface area (Å²) in [4.78, 5) is 9.97. The molecule has 7 nitrogen and oxygen atoms in total. The summed E-state index contributed by atoms with van der Waals surface area (Å²) in [5, 5.41) is 10.7. The highest BCUT2D eigenvalue weighted by molar-refractivity contribution is 7.94. The molecule has 0 spiro atoms. The van der Waals surface area contributed by atoms with Crippen LogP contribution in [0.15, 0.2) is 28.5 Å². The van der Waals surface area contributed by atoms with Gasteiger partial charge in [-0.05, 0) is 30.7 Å². The van der Waals surface area contributed by atoms with E-state index in [2.05, 4.69) is 4.72 Å². The number of thiophene rings is 1. The summed E-state index contributed by atoms with van der Waals surface area (Å²) >= 11 is 6.29. The molecule has 21 heavy (non-hydrogen) atoms. The molecule has 112 valence electrons. The Morgan fingerprint density at radius 3 is 2.57 bits per heavy atom. The Balaban J connectivity index is 2.36. The van der Waals surface area contributed by atoms with E-state index in [0.29, 0.717) is 28.3 Å². The van der Waals surface area contributed by atoms with Crippen molar-refractivity contribution < 1.29 is 13.3 Å². The number of hydrogen-bond donors (Lipinski definition) is 2. The predicted molar refractivity (Wildman–Crippen MR) is 82.4 cm³/mol. The summed E-state index contributed by atoms with van der Waals surface area (Å²) in [5.74, 6) is 0. The first-order chi connectivity index (χ1) is 9.70. The lowest BCUT2D eigenvalue weighted by atomic mass is 10.2. The third-order valence-electron chi connectivity index (χ3n) is 2.63. The molecule has 1 aromatic carbocycles. The van der Waals surface area contributed by atoms with Gasteiger partial charge in [-0.2, -0.15) is 0 Å². The van der Waals surface area contributed by atoms with Gasteiger partial charge in [-0.25, -0.2) is 8.42 Å². The summed E-state index contributed by atoms with van der Waals surface area (Å²) in [6, 6.07) is 5.57. The van der Waals surface area contributed by atoms with Crippen molar-refractivity contribution in [2.75, 3.05) is 10.5 Å². The maximum Gasteiger partial charge on any atom is 0.300 e. The largest absolute Gasteiger partial charge is 0.399 e. The second-order valence-corrected chi connectivity index (χ2v) is 7.72. The van der Waals surface area contributed by atoms with Crippen LogP contribution in [0.4, 0.5) is 17.1 Å². The lowest BCUT2D eigenvalue weighted by molar-refractivity contribution is -0.384. The van der Waals surface area contributed by atoms with E-state index in [-0.39, 0.29) is 8.55 Å². The van der Waals surface area contributed by atoms with Gasteiger partial charge in [-0.3, -0.25) is 14.8 Å². The molecular weight excluding hydrogens is 338 g/mol. The van der Waals surface area contributed by atoms with Gasteiger partial charge >= 0.3 is 0 Å². The molecule has 3 N–H and O–H groups in total. The molecule has 10 heteroatoms. The second kappa shape index (κ2) is 5.51. The lowest BCUT2D eigenvalue weighted by Crippen LogP contribution is -2.11. The van der Waals surface area contributed by atoms with Crippen molar-refractivity contribution in [3.8, 4) is 0 Å². The Bertz CT molecular complexity index is 817. The van der Waals surface area contributed by atoms with Crippen molar-refractivity contribution in [1.29, 1.82) is 0 Å². The van der Waals surface area contributed by atoms with Crippen LogP contribution in [0.5, 0.6) is 0 Å². The van der Waals surface area contributed by atoms with Gasteiger partial charge in [0.25, 0.3) is 15.7 Å². The number of sulfonamides is 1. The zero-order chi connectivity index (χ0) is 15.8. The van der Waals surface area contributed by atoms with E-state index in [1.54, 1.807) is 19.1 Å². The number of nitro groups is 1. The maximum absolute atomic E-state index is 12.2. The lowest BCUT2D eigenvalue weighted by Gasteiger charge is -2.08. The van der Waals surface area contributed by atoms with Crippen LogP contribution >= 0.6 is 22.9 Å². The number of aryl methyl sites for hydroxylation is 1. The SMILES string of the molecule is Cc1cc(NS(=O)(=O)c2cc([N+](=O)[O-])c(Cl)s2)ccc1N. The van der Waals surface area contributed by atoms with Gasteiger partial charge in [0.05, 0.1) is 4.92 Å². The summed E-state index contributed by atoms with van der Waals surface area (Å²) in [5.41, 5.74) is 6.78. The number of rotatable bonds is 4. The molecule has 0 saturated heterocycles. The molecule has 0 fully saturated rings. The van der Waals surface area contributed by atoms with Gasteiger partial charge in [0.1, 0.15) is 4.21 Å². The number of halogens is 1. The van der Waals surface area contributed by atoms with Crippen LogP contribution in [0.2, 0.25) is 4.34 Å². The Hall–Kier alpha value is -1.84. The summed E-state index contributed by atoms with van der Waals surface area (Å²) < 4.78 is 26.3. The zero-order valence-corrected chi connectivity index (χ0v) is 13.1. The van der Waals surface area contributed by atoms with Gasteiger partial charge in [-0.1, -0.05) is 11.6 Å². The first kappa shape index (κ1) is 15.5. The quantitative estimate of drug-likeness (QED) is 0.501. The Morgan fingerprint density at radius 2 is 2.05 bits per heavy atom. The molecule has 0 unspecified atom stereocenters. The minimum Gasteiger partial charge on any atom is -0.399 e. The van der Waals surface area contributed by atoms with E-state index in [1.165, 1.54) is 6.07 Å². The number of nitrogens with zero attached hydrogens (tertiary/aromatic N) is 1. The Labute approximate surface area is 129 Å². The third kappa shape index (κ3) is 3.26. The van der Waals surface area contributed by atoms with Crippen molar-refractivity contribution in [2.45, 2.75) is 11.1 Å². The van der Waals surface area contributed by atoms with Gasteiger partial charge in [0.2, 0.25) is 0 Å². The number of anilines is 2. The van der Waals surface area contributed by atoms with Crippen LogP contribution in [-0.4, -0.2) is 13.3 Å². The molecule has 1 aromatic heterocycles. The smallest absolute Gasteiger partial charge is 0.300 e. The standard InChI is InChI=1S/C11H10ClN3O4S2/c1-6-4-7(2-3-8(6)13)14-21(18,19)10-5-9(15(16)17)11(12)20-10/h2-5,14H,13H2,1H3. The van der Waals surface area contributed by atoms with E-state index < -0.39 is 20.6 Å². The first-order valence-corrected chi connectivity index (χ1v) is 8.21. The number of hydrogen-bond acceptors (Lipinski definition) is 6. The van der Waals surface area contributed by atoms with Gasteiger partial charge < -0.3 is 5.73 Å². The van der Waals surface area contributed by atoms with Crippen molar-refractivity contribution in [3.05, 3.63) is 44.3 Å². The van der Waals surface area contributed by atoms with Crippen LogP contribution < -0.4 is 10.5 Å². The van der Waals surface area contributed by atoms with Gasteiger partial charge in [0, 0.05) is 17.4 Å². The molecule has 0 radical (unpaired) electrons. The molecule has 2 rings (SSSR count). The highest BCUT2D eigenvalue weighted by Gasteiger charge is 2.25. The van der Waals surface area contributed by atoms with E-state index >= 15 is 0 Å². The minimum absolute atomic E-state index is 0.186. The average molecular weight is 348 g/mol. The van der Waals surface area contributed by atoms with Crippen LogP contribution in [0, 0.1) is 17.0 Å². The van der Waals surface area contributed by atoms with Crippen molar-refractivity contribution in [2.24, 2.45) is 0 Å². The van der Waals surface area contributed by atoms with E-state index in [9.17, 15) is 18.5 Å². The molecule has 0 aliphatic rings. The third-order valence-corrected chi connectivity index (χ3v) is 5.82. The van der Waals surface area contributed by atoms with Crippen molar-refractivity contribution in [1.82, 2.24) is 0 Å². The van der Waals surface area contributed by atoms with Gasteiger partial charge in [0.15, 0.2) is 4.34 Å². The molecule has 0 amide bonds. The topological polar surface area (TPSA) is 115 Å². The highest BCUT2D eigenvalue weighted by Crippen LogP contribution is 2.36. The number of benzene rings is 1. The van der Waals surface area contributed by atoms with E-state index in [0.717, 1.165) is 6.07 Å². The summed E-state index contributed by atoms with van der Waals surface area (Å²) in [6.45, 7) is 1.74. The van der Waals surface area contributed by atoms with Crippen LogP contribution in [-0.2, 0) is 10.0 Å². The maximum atomic E-state index is 12.2. The monoisotopic (exact) mass is 347 g/mol. The first-order valence-electron chi connectivity index (χ1n) is 5.53. The molecule has 0 saturated carbocycles. The number of nitrogens with two attached hydrogens (primary N) is 1. The molecule has 0 atom stereocenters. The summed E-state index contributed by atoms with van der Waals surface area (Å²) in [6.07, 6.45) is 0. The molecule has 0 aliphatic carbocycles. The van der Waals surface area contributed by atoms with E-state index in [1.807, 2.05) is 0 Å². The summed E-state index contributed by atoms with van der Waals surface area (Å²) in [7, 11) is -3.94. The van der Waals surface area contributed by atoms with Crippen LogP contribution in [0.3, 0.4) is 0 Å². The Morgan fingerprint density at radius 1 is 1.38 bits per heavy atom. The zero-order valence-electron chi connectivity index (χ0n) is 10.7. The fourth-order valence-electron chi connectivity index (χ4n) is 1.54. The van der Waals surface area contributed by atoms with Crippen LogP contribution in [0.1, 0.15) is 5.56 Å². The molecule has 2 aromatic rings. The predicted octanol–water partition coefficient (Wildman–Crippen LogP) is 3.00. The van der Waals surface area contributed by atoms with Crippen molar-refractivity contribution >= 4 is 50.0 Å². The van der Waals surface area contributed by atoms with Crippen molar-refractivity contribution in [3.63, 3.8) is 0 Å². The molecule has 0 aliphatic heterocycles. The fourth-order valence-corrected chi connectivity index (χ4v) is 4.25. The van der Waals surface area contributed by atoms with E-state index in [4.69, 9.17) is 17.3 Å². The normalized spacial score (nSPS) is 11.3. The number of nitrogens with one attached hydrogen (secondary N) is 1. The highest BCUT2D eigenvalue weighted by atomic mass is 35.5. The molecular formula is C11H10ClN3O4S2. The Kier molecular flexibility index (Phi) is 4.08. The minimum atomic E-state index is -3.94. The van der Waals surface area contributed by atoms with Gasteiger partial charge in [-0.15, -0.1) is 11.3 Å². The van der Waals surface area contributed by atoms with Crippen LogP contribution in [0.25, 0.3) is 0 Å². The second-order valence-electron chi connectivity index (χ2n) is 4.16. The molecule has 0 bridgehead atoms. The molecule has 1 heterocycles. The average Bonchev–Trinajstić information content (AvgIpc) is 2.77.